The van der Waals surface area contributed by atoms with E-state index in [-0.39, 0.29) is 11.0 Å². The van der Waals surface area contributed by atoms with Crippen LogP contribution in [0.3, 0.4) is 0 Å². The van der Waals surface area contributed by atoms with E-state index in [0.717, 1.165) is 18.4 Å². The van der Waals surface area contributed by atoms with Gasteiger partial charge in [-0.05, 0) is 30.4 Å². The summed E-state index contributed by atoms with van der Waals surface area (Å²) in [6.45, 7) is 0. The molecule has 0 amide bonds. The highest BCUT2D eigenvalue weighted by molar-refractivity contribution is 6.29. The number of H-pyrrole nitrogens is 1. The van der Waals surface area contributed by atoms with Crippen LogP contribution in [-0.4, -0.2) is 10.2 Å². The number of rotatable bonds is 3. The molecule has 0 atom stereocenters. The summed E-state index contributed by atoms with van der Waals surface area (Å²) < 4.78 is 18.7. The number of nitrogens with one attached hydrogen (secondary N) is 1. The molecule has 1 N–H and O–H groups in total. The largest absolute Gasteiger partial charge is 0.434 e. The van der Waals surface area contributed by atoms with E-state index >= 15 is 0 Å². The molecule has 0 radical (unpaired) electrons. The minimum atomic E-state index is -0.449. The maximum absolute atomic E-state index is 13.3. The zero-order valence-corrected chi connectivity index (χ0v) is 10.6. The summed E-state index contributed by atoms with van der Waals surface area (Å²) in [5.74, 6) is 0.159. The molecule has 19 heavy (non-hydrogen) atoms. The molecule has 6 heteroatoms. The fourth-order valence-electron chi connectivity index (χ4n) is 1.87. The highest BCUT2D eigenvalue weighted by atomic mass is 35.5. The van der Waals surface area contributed by atoms with Gasteiger partial charge in [-0.2, -0.15) is 0 Å². The van der Waals surface area contributed by atoms with Crippen LogP contribution in [0.2, 0.25) is 5.15 Å². The van der Waals surface area contributed by atoms with Crippen molar-refractivity contribution in [3.8, 4) is 11.6 Å². The minimum absolute atomic E-state index is 0.124. The van der Waals surface area contributed by atoms with Crippen LogP contribution < -0.4 is 10.2 Å². The lowest BCUT2D eigenvalue weighted by molar-refractivity contribution is 0.440. The molecule has 0 unspecified atom stereocenters. The van der Waals surface area contributed by atoms with Crippen molar-refractivity contribution in [2.75, 3.05) is 0 Å². The number of aromatic nitrogens is 2. The normalized spacial score (nSPS) is 14.4. The van der Waals surface area contributed by atoms with Crippen molar-refractivity contribution in [2.45, 2.75) is 18.8 Å². The number of ether oxygens (including phenoxy) is 1. The third kappa shape index (κ3) is 2.61. The van der Waals surface area contributed by atoms with Gasteiger partial charge in [0.05, 0.1) is 0 Å². The maximum atomic E-state index is 13.3. The van der Waals surface area contributed by atoms with Crippen molar-refractivity contribution in [1.29, 1.82) is 0 Å². The summed E-state index contributed by atoms with van der Waals surface area (Å²) in [6.07, 6.45) is 2.10. The van der Waals surface area contributed by atoms with Crippen molar-refractivity contribution in [1.82, 2.24) is 10.2 Å². The zero-order valence-electron chi connectivity index (χ0n) is 9.82. The summed E-state index contributed by atoms with van der Waals surface area (Å²) in [4.78, 5) is 11.6. The van der Waals surface area contributed by atoms with Gasteiger partial charge in [0, 0.05) is 12.1 Å². The molecule has 1 aliphatic carbocycles. The van der Waals surface area contributed by atoms with E-state index in [0.29, 0.717) is 11.7 Å². The Kier molecular flexibility index (Phi) is 2.98. The van der Waals surface area contributed by atoms with Crippen molar-refractivity contribution < 1.29 is 9.13 Å². The van der Waals surface area contributed by atoms with E-state index in [1.807, 2.05) is 0 Å². The van der Waals surface area contributed by atoms with Gasteiger partial charge in [-0.1, -0.05) is 17.7 Å². The third-order valence-corrected chi connectivity index (χ3v) is 3.13. The summed E-state index contributed by atoms with van der Waals surface area (Å²) in [5.41, 5.74) is 0.451. The molecule has 1 aromatic carbocycles. The van der Waals surface area contributed by atoms with Crippen LogP contribution in [0.4, 0.5) is 4.39 Å². The monoisotopic (exact) mass is 280 g/mol. The standard InChI is InChI=1S/C13H10ClFN2O2/c14-12-6-10(18)13(17-16-12)19-11-5-8(15)3-4-9(11)7-1-2-7/h3-7H,1-2H2,(H,16,18). The van der Waals surface area contributed by atoms with Crippen LogP contribution in [0.1, 0.15) is 24.3 Å². The van der Waals surface area contributed by atoms with Gasteiger partial charge < -0.3 is 4.74 Å². The van der Waals surface area contributed by atoms with Crippen LogP contribution in [0.15, 0.2) is 29.1 Å². The van der Waals surface area contributed by atoms with E-state index in [1.165, 1.54) is 18.2 Å². The molecule has 4 nitrogen and oxygen atoms in total. The average molecular weight is 281 g/mol. The smallest absolute Gasteiger partial charge is 0.285 e. The molecule has 1 fully saturated rings. The highest BCUT2D eigenvalue weighted by Gasteiger charge is 2.27. The molecular formula is C13H10ClFN2O2. The lowest BCUT2D eigenvalue weighted by atomic mass is 10.1. The molecule has 0 saturated heterocycles. The van der Waals surface area contributed by atoms with Crippen LogP contribution in [0.5, 0.6) is 11.6 Å². The second kappa shape index (κ2) is 4.66. The molecule has 1 saturated carbocycles. The van der Waals surface area contributed by atoms with Crippen LogP contribution in [-0.2, 0) is 0 Å². The molecule has 2 aromatic rings. The first-order chi connectivity index (χ1) is 9.13. The molecule has 0 spiro atoms. The number of hydrogen-bond donors (Lipinski definition) is 1. The summed E-state index contributed by atoms with van der Waals surface area (Å²) >= 11 is 5.60. The number of benzene rings is 1. The Balaban J connectivity index is 1.98. The van der Waals surface area contributed by atoms with E-state index in [2.05, 4.69) is 10.2 Å². The maximum Gasteiger partial charge on any atom is 0.285 e. The molecule has 1 heterocycles. The Morgan fingerprint density at radius 1 is 1.37 bits per heavy atom. The first-order valence-electron chi connectivity index (χ1n) is 5.86. The van der Waals surface area contributed by atoms with E-state index in [1.54, 1.807) is 6.07 Å². The minimum Gasteiger partial charge on any atom is -0.434 e. The van der Waals surface area contributed by atoms with E-state index in [9.17, 15) is 9.18 Å². The lowest BCUT2D eigenvalue weighted by Gasteiger charge is -2.09. The van der Waals surface area contributed by atoms with Gasteiger partial charge in [0.15, 0.2) is 0 Å². The topological polar surface area (TPSA) is 55.0 Å². The van der Waals surface area contributed by atoms with Crippen molar-refractivity contribution in [2.24, 2.45) is 0 Å². The number of aromatic amines is 1. The quantitative estimate of drug-likeness (QED) is 0.939. The highest BCUT2D eigenvalue weighted by Crippen LogP contribution is 2.45. The van der Waals surface area contributed by atoms with Crippen molar-refractivity contribution >= 4 is 11.6 Å². The molecule has 1 aromatic heterocycles. The Bertz CT molecular complexity index is 683. The zero-order chi connectivity index (χ0) is 13.4. The Morgan fingerprint density at radius 3 is 2.84 bits per heavy atom. The predicted molar refractivity (Wildman–Crippen MR) is 68.3 cm³/mol. The Hall–Kier alpha value is -1.88. The summed E-state index contributed by atoms with van der Waals surface area (Å²) in [5, 5.41) is 6.27. The van der Waals surface area contributed by atoms with E-state index < -0.39 is 11.2 Å². The van der Waals surface area contributed by atoms with Crippen molar-refractivity contribution in [3.05, 3.63) is 51.0 Å². The first-order valence-corrected chi connectivity index (χ1v) is 6.24. The van der Waals surface area contributed by atoms with Crippen LogP contribution in [0.25, 0.3) is 0 Å². The van der Waals surface area contributed by atoms with Gasteiger partial charge in [-0.15, -0.1) is 5.10 Å². The first kappa shape index (κ1) is 12.2. The van der Waals surface area contributed by atoms with Gasteiger partial charge >= 0.3 is 0 Å². The average Bonchev–Trinajstić information content (AvgIpc) is 3.17. The predicted octanol–water partition coefficient (Wildman–Crippen LogP) is 3.23. The van der Waals surface area contributed by atoms with Gasteiger partial charge in [-0.3, -0.25) is 9.89 Å². The van der Waals surface area contributed by atoms with Crippen LogP contribution >= 0.6 is 11.6 Å². The summed E-state index contributed by atoms with van der Waals surface area (Å²) in [6, 6.07) is 5.51. The molecular weight excluding hydrogens is 271 g/mol. The molecule has 0 bridgehead atoms. The van der Waals surface area contributed by atoms with E-state index in [4.69, 9.17) is 16.3 Å². The molecule has 0 aliphatic heterocycles. The fourth-order valence-corrected chi connectivity index (χ4v) is 2.02. The van der Waals surface area contributed by atoms with Gasteiger partial charge in [0.25, 0.3) is 5.88 Å². The van der Waals surface area contributed by atoms with Crippen LogP contribution in [0, 0.1) is 5.82 Å². The SMILES string of the molecule is O=c1cc(Cl)[nH]nc1Oc1cc(F)ccc1C1CC1. The molecule has 98 valence electrons. The second-order valence-corrected chi connectivity index (χ2v) is 4.85. The molecule has 3 rings (SSSR count). The van der Waals surface area contributed by atoms with Gasteiger partial charge in [-0.25, -0.2) is 4.39 Å². The molecule has 1 aliphatic rings. The summed E-state index contributed by atoms with van der Waals surface area (Å²) in [7, 11) is 0. The van der Waals surface area contributed by atoms with Crippen molar-refractivity contribution in [3.63, 3.8) is 0 Å². The Labute approximate surface area is 113 Å². The second-order valence-electron chi connectivity index (χ2n) is 4.44. The Morgan fingerprint density at radius 2 is 2.16 bits per heavy atom. The number of halogens is 2. The number of hydrogen-bond acceptors (Lipinski definition) is 3. The third-order valence-electron chi connectivity index (χ3n) is 2.93. The number of nitrogens with zero attached hydrogens (tertiary/aromatic N) is 1. The van der Waals surface area contributed by atoms with Gasteiger partial charge in [0.2, 0.25) is 5.43 Å². The van der Waals surface area contributed by atoms with Gasteiger partial charge in [0.1, 0.15) is 16.7 Å². The lowest BCUT2D eigenvalue weighted by Crippen LogP contribution is -2.08. The fraction of sp³-hybridized carbons (Fsp3) is 0.231.